The van der Waals surface area contributed by atoms with Crippen molar-refractivity contribution in [1.82, 2.24) is 15.0 Å². The van der Waals surface area contributed by atoms with E-state index in [9.17, 15) is 4.39 Å². The SMILES string of the molecule is Fc1ccc(N2CCOC2c2cn(Cc3cccc(Br)c3)nn2)cc1. The van der Waals surface area contributed by atoms with Gasteiger partial charge in [0.05, 0.1) is 19.3 Å². The molecule has 0 aliphatic carbocycles. The lowest BCUT2D eigenvalue weighted by molar-refractivity contribution is 0.110. The lowest BCUT2D eigenvalue weighted by Crippen LogP contribution is -2.23. The predicted molar refractivity (Wildman–Crippen MR) is 95.7 cm³/mol. The molecule has 1 fully saturated rings. The molecule has 0 saturated carbocycles. The largest absolute Gasteiger partial charge is 0.350 e. The van der Waals surface area contributed by atoms with Crippen LogP contribution in [0.5, 0.6) is 0 Å². The summed E-state index contributed by atoms with van der Waals surface area (Å²) in [6, 6.07) is 14.5. The van der Waals surface area contributed by atoms with E-state index in [0.29, 0.717) is 13.2 Å². The molecule has 0 radical (unpaired) electrons. The fourth-order valence-corrected chi connectivity index (χ4v) is 3.38. The highest BCUT2D eigenvalue weighted by atomic mass is 79.9. The van der Waals surface area contributed by atoms with Crippen molar-refractivity contribution in [3.8, 4) is 0 Å². The molecule has 1 atom stereocenters. The summed E-state index contributed by atoms with van der Waals surface area (Å²) in [5.74, 6) is -0.250. The molecular formula is C18H16BrFN4O. The number of ether oxygens (including phenoxy) is 1. The van der Waals surface area contributed by atoms with Gasteiger partial charge in [0.25, 0.3) is 0 Å². The first-order chi connectivity index (χ1) is 12.2. The molecular weight excluding hydrogens is 387 g/mol. The molecule has 2 heterocycles. The first-order valence-corrected chi connectivity index (χ1v) is 8.77. The van der Waals surface area contributed by atoms with Crippen LogP contribution in [0, 0.1) is 5.82 Å². The highest BCUT2D eigenvalue weighted by Gasteiger charge is 2.29. The van der Waals surface area contributed by atoms with Gasteiger partial charge in [-0.1, -0.05) is 33.3 Å². The van der Waals surface area contributed by atoms with Gasteiger partial charge in [0, 0.05) is 16.7 Å². The highest BCUT2D eigenvalue weighted by Crippen LogP contribution is 2.31. The third-order valence-electron chi connectivity index (χ3n) is 4.09. The molecule has 128 valence electrons. The zero-order valence-electron chi connectivity index (χ0n) is 13.3. The number of halogens is 2. The Balaban J connectivity index is 1.53. The summed E-state index contributed by atoms with van der Waals surface area (Å²) in [6.45, 7) is 1.96. The predicted octanol–water partition coefficient (Wildman–Crippen LogP) is 3.76. The zero-order valence-corrected chi connectivity index (χ0v) is 14.9. The lowest BCUT2D eigenvalue weighted by atomic mass is 10.2. The standard InChI is InChI=1S/C18H16BrFN4O/c19-14-3-1-2-13(10-14)11-23-12-17(21-22-23)18-24(8-9-25-18)16-6-4-15(20)5-7-16/h1-7,10,12,18H,8-9,11H2. The number of anilines is 1. The fraction of sp³-hybridized carbons (Fsp3) is 0.222. The molecule has 5 nitrogen and oxygen atoms in total. The van der Waals surface area contributed by atoms with Gasteiger partial charge in [-0.05, 0) is 42.0 Å². The van der Waals surface area contributed by atoms with Crippen LogP contribution in [-0.4, -0.2) is 28.1 Å². The van der Waals surface area contributed by atoms with Gasteiger partial charge in [-0.3, -0.25) is 0 Å². The van der Waals surface area contributed by atoms with Crippen LogP contribution < -0.4 is 4.90 Å². The Hall–Kier alpha value is -2.25. The lowest BCUT2D eigenvalue weighted by Gasteiger charge is -2.23. The van der Waals surface area contributed by atoms with Gasteiger partial charge in [-0.2, -0.15) is 0 Å². The van der Waals surface area contributed by atoms with Crippen molar-refractivity contribution in [2.24, 2.45) is 0 Å². The maximum Gasteiger partial charge on any atom is 0.177 e. The van der Waals surface area contributed by atoms with Crippen molar-refractivity contribution in [2.75, 3.05) is 18.1 Å². The van der Waals surface area contributed by atoms with Gasteiger partial charge < -0.3 is 9.64 Å². The van der Waals surface area contributed by atoms with Crippen LogP contribution in [0.15, 0.2) is 59.2 Å². The smallest absolute Gasteiger partial charge is 0.177 e. The third-order valence-corrected chi connectivity index (χ3v) is 4.59. The van der Waals surface area contributed by atoms with Crippen molar-refractivity contribution in [3.05, 3.63) is 76.3 Å². The second-order valence-corrected chi connectivity index (χ2v) is 6.78. The van der Waals surface area contributed by atoms with Crippen LogP contribution in [0.25, 0.3) is 0 Å². The number of hydrogen-bond acceptors (Lipinski definition) is 4. The van der Waals surface area contributed by atoms with E-state index < -0.39 is 0 Å². The fourth-order valence-electron chi connectivity index (χ4n) is 2.94. The van der Waals surface area contributed by atoms with E-state index in [1.807, 2.05) is 24.4 Å². The number of nitrogens with zero attached hydrogens (tertiary/aromatic N) is 4. The topological polar surface area (TPSA) is 43.2 Å². The zero-order chi connectivity index (χ0) is 17.2. The van der Waals surface area contributed by atoms with E-state index in [1.54, 1.807) is 16.8 Å². The molecule has 0 amide bonds. The Morgan fingerprint density at radius 1 is 1.20 bits per heavy atom. The molecule has 0 N–H and O–H groups in total. The quantitative estimate of drug-likeness (QED) is 0.666. The molecule has 0 bridgehead atoms. The molecule has 2 aromatic carbocycles. The maximum atomic E-state index is 13.2. The summed E-state index contributed by atoms with van der Waals surface area (Å²) >= 11 is 3.47. The van der Waals surface area contributed by atoms with Crippen LogP contribution in [0.2, 0.25) is 0 Å². The average molecular weight is 403 g/mol. The minimum atomic E-state index is -0.304. The molecule has 1 aromatic heterocycles. The van der Waals surface area contributed by atoms with Crippen LogP contribution in [-0.2, 0) is 11.3 Å². The van der Waals surface area contributed by atoms with Gasteiger partial charge in [0.15, 0.2) is 6.23 Å². The second kappa shape index (κ2) is 6.93. The van der Waals surface area contributed by atoms with Crippen LogP contribution in [0.3, 0.4) is 0 Å². The third kappa shape index (κ3) is 3.57. The summed E-state index contributed by atoms with van der Waals surface area (Å²) in [5.41, 5.74) is 2.79. The minimum Gasteiger partial charge on any atom is -0.350 e. The van der Waals surface area contributed by atoms with E-state index in [4.69, 9.17) is 4.74 Å². The molecule has 1 unspecified atom stereocenters. The molecule has 4 rings (SSSR count). The van der Waals surface area contributed by atoms with Gasteiger partial charge in [0.2, 0.25) is 0 Å². The van der Waals surface area contributed by atoms with E-state index >= 15 is 0 Å². The normalized spacial score (nSPS) is 17.2. The molecule has 3 aromatic rings. The van der Waals surface area contributed by atoms with Gasteiger partial charge in [-0.25, -0.2) is 9.07 Å². The van der Waals surface area contributed by atoms with Gasteiger partial charge >= 0.3 is 0 Å². The Labute approximate surface area is 153 Å². The second-order valence-electron chi connectivity index (χ2n) is 5.86. The Morgan fingerprint density at radius 2 is 2.04 bits per heavy atom. The Morgan fingerprint density at radius 3 is 2.84 bits per heavy atom. The Kier molecular flexibility index (Phi) is 4.50. The average Bonchev–Trinajstić information content (AvgIpc) is 3.24. The maximum absolute atomic E-state index is 13.2. The number of hydrogen-bond donors (Lipinski definition) is 0. The number of rotatable bonds is 4. The van der Waals surface area contributed by atoms with Crippen molar-refractivity contribution in [2.45, 2.75) is 12.8 Å². The van der Waals surface area contributed by atoms with Crippen molar-refractivity contribution < 1.29 is 9.13 Å². The minimum absolute atomic E-state index is 0.250. The Bertz CT molecular complexity index is 868. The van der Waals surface area contributed by atoms with Crippen LogP contribution in [0.4, 0.5) is 10.1 Å². The van der Waals surface area contributed by atoms with E-state index in [-0.39, 0.29) is 12.0 Å². The first-order valence-electron chi connectivity index (χ1n) is 7.97. The number of aromatic nitrogens is 3. The summed E-state index contributed by atoms with van der Waals surface area (Å²) in [4.78, 5) is 2.06. The van der Waals surface area contributed by atoms with E-state index in [0.717, 1.165) is 28.0 Å². The monoisotopic (exact) mass is 402 g/mol. The van der Waals surface area contributed by atoms with Crippen LogP contribution in [0.1, 0.15) is 17.5 Å². The molecule has 1 aliphatic rings. The molecule has 7 heteroatoms. The molecule has 1 saturated heterocycles. The first kappa shape index (κ1) is 16.2. The highest BCUT2D eigenvalue weighted by molar-refractivity contribution is 9.10. The van der Waals surface area contributed by atoms with Crippen molar-refractivity contribution >= 4 is 21.6 Å². The van der Waals surface area contributed by atoms with Crippen LogP contribution >= 0.6 is 15.9 Å². The number of benzene rings is 2. The molecule has 25 heavy (non-hydrogen) atoms. The summed E-state index contributed by atoms with van der Waals surface area (Å²) in [5, 5.41) is 8.48. The van der Waals surface area contributed by atoms with E-state index in [2.05, 4.69) is 37.2 Å². The van der Waals surface area contributed by atoms with Gasteiger partial charge in [0.1, 0.15) is 11.5 Å². The van der Waals surface area contributed by atoms with Gasteiger partial charge in [-0.15, -0.1) is 5.10 Å². The molecule has 1 aliphatic heterocycles. The summed E-state index contributed by atoms with van der Waals surface area (Å²) in [6.07, 6.45) is 1.59. The van der Waals surface area contributed by atoms with Crippen molar-refractivity contribution in [3.63, 3.8) is 0 Å². The van der Waals surface area contributed by atoms with E-state index in [1.165, 1.54) is 12.1 Å². The van der Waals surface area contributed by atoms with Crippen molar-refractivity contribution in [1.29, 1.82) is 0 Å². The molecule has 0 spiro atoms. The summed E-state index contributed by atoms with van der Waals surface area (Å²) < 4.78 is 21.8. The summed E-state index contributed by atoms with van der Waals surface area (Å²) in [7, 11) is 0.